The van der Waals surface area contributed by atoms with E-state index in [2.05, 4.69) is 5.32 Å². The third-order valence-electron chi connectivity index (χ3n) is 4.27. The highest BCUT2D eigenvalue weighted by Gasteiger charge is 2.27. The van der Waals surface area contributed by atoms with E-state index < -0.39 is 21.8 Å². The molecular formula is C20H21N3O5S2. The number of carbonyl (C=O) groups excluding carboxylic acids is 3. The summed E-state index contributed by atoms with van der Waals surface area (Å²) in [5.41, 5.74) is 1.07. The van der Waals surface area contributed by atoms with Crippen LogP contribution >= 0.6 is 11.8 Å². The molecule has 0 radical (unpaired) electrons. The second-order valence-corrected chi connectivity index (χ2v) is 9.56. The molecule has 158 valence electrons. The van der Waals surface area contributed by atoms with E-state index in [4.69, 9.17) is 0 Å². The number of hydrogen-bond donors (Lipinski definition) is 2. The fourth-order valence-electron chi connectivity index (χ4n) is 2.87. The maximum atomic E-state index is 12.5. The van der Waals surface area contributed by atoms with Crippen LogP contribution in [-0.4, -0.2) is 44.2 Å². The molecule has 0 spiro atoms. The van der Waals surface area contributed by atoms with Crippen LogP contribution in [0.3, 0.4) is 0 Å². The van der Waals surface area contributed by atoms with Crippen LogP contribution in [0, 0.1) is 0 Å². The lowest BCUT2D eigenvalue weighted by Crippen LogP contribution is -2.42. The van der Waals surface area contributed by atoms with Crippen molar-refractivity contribution >= 4 is 50.9 Å². The Kier molecular flexibility index (Phi) is 7.11. The summed E-state index contributed by atoms with van der Waals surface area (Å²) in [7, 11) is -3.79. The van der Waals surface area contributed by atoms with Gasteiger partial charge in [0.15, 0.2) is 0 Å². The maximum absolute atomic E-state index is 12.5. The number of hydrogen-bond acceptors (Lipinski definition) is 6. The molecule has 3 amide bonds. The molecule has 1 heterocycles. The molecule has 0 atom stereocenters. The first-order valence-electron chi connectivity index (χ1n) is 9.24. The Morgan fingerprint density at radius 1 is 1.03 bits per heavy atom. The molecule has 2 aromatic rings. The van der Waals surface area contributed by atoms with Crippen molar-refractivity contribution in [2.75, 3.05) is 28.3 Å². The summed E-state index contributed by atoms with van der Waals surface area (Å²) in [5, 5.41) is 2.68. The van der Waals surface area contributed by atoms with Gasteiger partial charge in [-0.2, -0.15) is 0 Å². The minimum Gasteiger partial charge on any atom is -0.323 e. The molecule has 3 rings (SSSR count). The lowest BCUT2D eigenvalue weighted by molar-refractivity contribution is -0.125. The van der Waals surface area contributed by atoms with Crippen molar-refractivity contribution in [3.05, 3.63) is 54.6 Å². The molecule has 0 saturated carbocycles. The van der Waals surface area contributed by atoms with Gasteiger partial charge in [0, 0.05) is 23.5 Å². The van der Waals surface area contributed by atoms with Gasteiger partial charge in [-0.1, -0.05) is 30.3 Å². The number of thioether (sulfide) groups is 1. The fourth-order valence-corrected chi connectivity index (χ4v) is 5.22. The van der Waals surface area contributed by atoms with Gasteiger partial charge < -0.3 is 10.2 Å². The molecule has 30 heavy (non-hydrogen) atoms. The van der Waals surface area contributed by atoms with E-state index in [-0.39, 0.29) is 31.0 Å². The quantitative estimate of drug-likeness (QED) is 0.599. The Morgan fingerprint density at radius 3 is 2.50 bits per heavy atom. The summed E-state index contributed by atoms with van der Waals surface area (Å²) in [5.74, 6) is -1.42. The van der Waals surface area contributed by atoms with Crippen molar-refractivity contribution in [1.29, 1.82) is 0 Å². The molecule has 2 N–H and O–H groups in total. The smallest absolute Gasteiger partial charge is 0.244 e. The lowest BCUT2D eigenvalue weighted by Gasteiger charge is -2.29. The highest BCUT2D eigenvalue weighted by atomic mass is 32.2. The van der Waals surface area contributed by atoms with Crippen LogP contribution in [0.25, 0.3) is 0 Å². The van der Waals surface area contributed by atoms with Crippen LogP contribution in [0.1, 0.15) is 12.8 Å². The normalized spacial score (nSPS) is 13.3. The van der Waals surface area contributed by atoms with Crippen LogP contribution in [0.15, 0.2) is 59.5 Å². The Balaban J connectivity index is 1.48. The van der Waals surface area contributed by atoms with Crippen LogP contribution < -0.4 is 14.9 Å². The fraction of sp³-hybridized carbons (Fsp3) is 0.250. The van der Waals surface area contributed by atoms with Gasteiger partial charge in [-0.25, -0.2) is 8.42 Å². The summed E-state index contributed by atoms with van der Waals surface area (Å²) in [6, 6.07) is 16.2. The monoisotopic (exact) mass is 447 g/mol. The molecule has 0 bridgehead atoms. The number of rotatable bonds is 8. The molecule has 0 unspecified atom stereocenters. The van der Waals surface area contributed by atoms with E-state index in [1.165, 1.54) is 16.7 Å². The van der Waals surface area contributed by atoms with Gasteiger partial charge in [-0.05, 0) is 24.3 Å². The van der Waals surface area contributed by atoms with Crippen molar-refractivity contribution < 1.29 is 22.8 Å². The zero-order chi connectivity index (χ0) is 21.6. The van der Waals surface area contributed by atoms with Gasteiger partial charge in [0.1, 0.15) is 6.54 Å². The van der Waals surface area contributed by atoms with E-state index in [9.17, 15) is 22.8 Å². The first kappa shape index (κ1) is 21.8. The van der Waals surface area contributed by atoms with Crippen LogP contribution in [0.4, 0.5) is 11.4 Å². The van der Waals surface area contributed by atoms with Crippen molar-refractivity contribution in [2.45, 2.75) is 17.7 Å². The van der Waals surface area contributed by atoms with Gasteiger partial charge in [0.25, 0.3) is 0 Å². The first-order valence-corrected chi connectivity index (χ1v) is 11.9. The Bertz CT molecular complexity index is 1040. The molecule has 1 aliphatic rings. The number of fused-ring (bicyclic) bond motifs is 1. The summed E-state index contributed by atoms with van der Waals surface area (Å²) in [6.07, 6.45) is -0.494. The van der Waals surface area contributed by atoms with E-state index in [1.54, 1.807) is 24.3 Å². The first-order chi connectivity index (χ1) is 14.3. The van der Waals surface area contributed by atoms with Gasteiger partial charge in [-0.15, -0.1) is 11.8 Å². The molecule has 0 fully saturated rings. The van der Waals surface area contributed by atoms with E-state index >= 15 is 0 Å². The third kappa shape index (κ3) is 6.07. The highest BCUT2D eigenvalue weighted by molar-refractivity contribution is 8.00. The third-order valence-corrected chi connectivity index (χ3v) is 6.82. The van der Waals surface area contributed by atoms with E-state index in [0.29, 0.717) is 17.1 Å². The van der Waals surface area contributed by atoms with Crippen molar-refractivity contribution in [3.8, 4) is 0 Å². The summed E-state index contributed by atoms with van der Waals surface area (Å²) in [6.45, 7) is -0.146. The number of carbonyl (C=O) groups is 3. The second-order valence-electron chi connectivity index (χ2n) is 6.55. The van der Waals surface area contributed by atoms with Crippen molar-refractivity contribution in [3.63, 3.8) is 0 Å². The predicted molar refractivity (Wildman–Crippen MR) is 116 cm³/mol. The lowest BCUT2D eigenvalue weighted by atomic mass is 10.1. The number of sulfonamides is 1. The van der Waals surface area contributed by atoms with E-state index in [0.717, 1.165) is 4.90 Å². The van der Waals surface area contributed by atoms with Crippen molar-refractivity contribution in [1.82, 2.24) is 4.72 Å². The molecule has 0 aromatic heterocycles. The Morgan fingerprint density at radius 2 is 1.73 bits per heavy atom. The van der Waals surface area contributed by atoms with Crippen molar-refractivity contribution in [2.24, 2.45) is 0 Å². The minimum absolute atomic E-state index is 0.146. The molecule has 1 aliphatic heterocycles. The van der Waals surface area contributed by atoms with Gasteiger partial charge in [-0.3, -0.25) is 19.1 Å². The zero-order valence-electron chi connectivity index (χ0n) is 16.0. The molecule has 8 nitrogen and oxygen atoms in total. The number of para-hydroxylation sites is 2. The average Bonchev–Trinajstić information content (AvgIpc) is 2.71. The van der Waals surface area contributed by atoms with Crippen LogP contribution in [0.2, 0.25) is 0 Å². The van der Waals surface area contributed by atoms with Gasteiger partial charge >= 0.3 is 0 Å². The second kappa shape index (κ2) is 9.77. The Hall–Kier alpha value is -2.85. The van der Waals surface area contributed by atoms with Gasteiger partial charge in [0.2, 0.25) is 27.7 Å². The molecule has 10 heteroatoms. The molecule has 0 aliphatic carbocycles. The number of amides is 3. The highest BCUT2D eigenvalue weighted by Crippen LogP contribution is 2.29. The summed E-state index contributed by atoms with van der Waals surface area (Å²) in [4.78, 5) is 38.6. The number of anilines is 2. The standard InChI is InChI=1S/C20H21N3O5S2/c24-18(22-30(27,28)13-12-29-15-6-2-1-3-7-15)10-11-20(26)23-14-19(25)21-16-8-4-5-9-17(16)23/h1-9H,10-14H2,(H,21,25)(H,22,24). The average molecular weight is 448 g/mol. The molecule has 0 saturated heterocycles. The largest absolute Gasteiger partial charge is 0.323 e. The zero-order valence-corrected chi connectivity index (χ0v) is 17.7. The Labute approximate surface area is 179 Å². The van der Waals surface area contributed by atoms with E-state index in [1.807, 2.05) is 35.1 Å². The summed E-state index contributed by atoms with van der Waals surface area (Å²) < 4.78 is 26.2. The maximum Gasteiger partial charge on any atom is 0.244 e. The molecule has 2 aromatic carbocycles. The molecular weight excluding hydrogens is 426 g/mol. The predicted octanol–water partition coefficient (Wildman–Crippen LogP) is 1.99. The van der Waals surface area contributed by atoms with Crippen LogP contribution in [0.5, 0.6) is 0 Å². The topological polar surface area (TPSA) is 113 Å². The summed E-state index contributed by atoms with van der Waals surface area (Å²) >= 11 is 1.38. The number of benzene rings is 2. The van der Waals surface area contributed by atoms with Gasteiger partial charge in [0.05, 0.1) is 17.1 Å². The number of nitrogens with one attached hydrogen (secondary N) is 2. The van der Waals surface area contributed by atoms with Crippen LogP contribution in [-0.2, 0) is 24.4 Å². The SMILES string of the molecule is O=C1CN(C(=O)CCC(=O)NS(=O)(=O)CCSc2ccccc2)c2ccccc2N1. The minimum atomic E-state index is -3.79. The number of nitrogens with zero attached hydrogens (tertiary/aromatic N) is 1.